The third-order valence-corrected chi connectivity index (χ3v) is 3.75. The van der Waals surface area contributed by atoms with Crippen LogP contribution < -0.4 is 9.88 Å². The summed E-state index contributed by atoms with van der Waals surface area (Å²) in [5, 5.41) is 2.72. The van der Waals surface area contributed by atoms with Gasteiger partial charge >= 0.3 is 0 Å². The summed E-state index contributed by atoms with van der Waals surface area (Å²) in [7, 11) is 0. The van der Waals surface area contributed by atoms with E-state index in [9.17, 15) is 9.18 Å². The molecule has 1 N–H and O–H groups in total. The Morgan fingerprint density at radius 1 is 1.04 bits per heavy atom. The van der Waals surface area contributed by atoms with E-state index in [1.807, 2.05) is 59.4 Å². The number of hydrogen-bond acceptors (Lipinski definition) is 1. The lowest BCUT2D eigenvalue weighted by Crippen LogP contribution is -2.39. The summed E-state index contributed by atoms with van der Waals surface area (Å²) >= 11 is 0. The summed E-state index contributed by atoms with van der Waals surface area (Å²) in [4.78, 5) is 12.2. The van der Waals surface area contributed by atoms with E-state index in [1.165, 1.54) is 6.07 Å². The molecule has 3 rings (SSSR count). The van der Waals surface area contributed by atoms with Gasteiger partial charge in [-0.3, -0.25) is 4.79 Å². The van der Waals surface area contributed by atoms with Gasteiger partial charge in [-0.2, -0.15) is 4.57 Å². The number of aryl methyl sites for hydroxylation is 1. The van der Waals surface area contributed by atoms with E-state index in [4.69, 9.17) is 0 Å². The van der Waals surface area contributed by atoms with Crippen molar-refractivity contribution in [2.75, 3.05) is 5.32 Å². The van der Waals surface area contributed by atoms with Crippen LogP contribution >= 0.6 is 0 Å². The number of anilines is 1. The fourth-order valence-corrected chi connectivity index (χ4v) is 2.46. The molecule has 0 saturated carbocycles. The first-order valence-electron chi connectivity index (χ1n) is 7.72. The molecule has 3 nitrogen and oxygen atoms in total. The van der Waals surface area contributed by atoms with Gasteiger partial charge in [0, 0.05) is 17.3 Å². The number of nitrogens with zero attached hydrogens (tertiary/aromatic N) is 1. The van der Waals surface area contributed by atoms with Crippen molar-refractivity contribution in [2.45, 2.75) is 13.5 Å². The second kappa shape index (κ2) is 7.04. The minimum Gasteiger partial charge on any atom is -0.320 e. The molecule has 4 heteroatoms. The van der Waals surface area contributed by atoms with Gasteiger partial charge < -0.3 is 5.32 Å². The molecule has 0 aliphatic rings. The summed E-state index contributed by atoms with van der Waals surface area (Å²) in [5.41, 5.74) is 3.14. The van der Waals surface area contributed by atoms with Crippen molar-refractivity contribution in [3.8, 4) is 11.1 Å². The van der Waals surface area contributed by atoms with Crippen LogP contribution in [0.4, 0.5) is 10.1 Å². The van der Waals surface area contributed by atoms with E-state index in [0.717, 1.165) is 11.1 Å². The molecule has 0 bridgehead atoms. The normalized spacial score (nSPS) is 10.4. The number of pyridine rings is 1. The highest BCUT2D eigenvalue weighted by Gasteiger charge is 2.11. The maximum absolute atomic E-state index is 13.5. The van der Waals surface area contributed by atoms with Gasteiger partial charge in [0.15, 0.2) is 12.4 Å². The number of nitrogens with one attached hydrogen (secondary N) is 1. The lowest BCUT2D eigenvalue weighted by Gasteiger charge is -2.05. The predicted molar refractivity (Wildman–Crippen MR) is 91.8 cm³/mol. The highest BCUT2D eigenvalue weighted by Crippen LogP contribution is 2.16. The molecule has 0 atom stereocenters. The number of benzene rings is 2. The fourth-order valence-electron chi connectivity index (χ4n) is 2.46. The SMILES string of the molecule is Cc1ccc(NC(=O)C[n+]2cccc(-c3ccccc3)c2)cc1F. The average molecular weight is 321 g/mol. The largest absolute Gasteiger partial charge is 0.320 e. The van der Waals surface area contributed by atoms with E-state index >= 15 is 0 Å². The third-order valence-electron chi connectivity index (χ3n) is 3.75. The van der Waals surface area contributed by atoms with E-state index in [0.29, 0.717) is 11.3 Å². The van der Waals surface area contributed by atoms with Crippen molar-refractivity contribution in [1.29, 1.82) is 0 Å². The van der Waals surface area contributed by atoms with Crippen molar-refractivity contribution in [3.63, 3.8) is 0 Å². The van der Waals surface area contributed by atoms with Crippen LogP contribution in [0.25, 0.3) is 11.1 Å². The molecule has 0 radical (unpaired) electrons. The minimum atomic E-state index is -0.327. The van der Waals surface area contributed by atoms with Crippen molar-refractivity contribution in [2.24, 2.45) is 0 Å². The Morgan fingerprint density at radius 3 is 2.54 bits per heavy atom. The number of carbonyl (C=O) groups is 1. The Kier molecular flexibility index (Phi) is 4.66. The molecule has 0 aliphatic heterocycles. The molecular formula is C20H18FN2O+. The minimum absolute atomic E-state index is 0.163. The molecule has 0 fully saturated rings. The molecule has 0 saturated heterocycles. The van der Waals surface area contributed by atoms with E-state index in [2.05, 4.69) is 5.32 Å². The Balaban J connectivity index is 1.71. The maximum Gasteiger partial charge on any atom is 0.290 e. The molecule has 3 aromatic rings. The molecule has 0 spiro atoms. The van der Waals surface area contributed by atoms with Crippen molar-refractivity contribution >= 4 is 11.6 Å². The van der Waals surface area contributed by atoms with Gasteiger partial charge in [-0.15, -0.1) is 0 Å². The van der Waals surface area contributed by atoms with Crippen LogP contribution in [0.15, 0.2) is 73.1 Å². The van der Waals surface area contributed by atoms with Crippen LogP contribution in [0.1, 0.15) is 5.56 Å². The molecule has 1 amide bonds. The Hall–Kier alpha value is -3.01. The van der Waals surface area contributed by atoms with Crippen LogP contribution in [0, 0.1) is 12.7 Å². The van der Waals surface area contributed by atoms with E-state index in [-0.39, 0.29) is 18.3 Å². The standard InChI is InChI=1S/C20H17FN2O/c1-15-9-10-18(12-19(15)21)22-20(24)14-23-11-5-8-17(13-23)16-6-3-2-4-7-16/h2-13H,14H2,1H3/p+1. The van der Waals surface area contributed by atoms with Gasteiger partial charge in [-0.05, 0) is 36.2 Å². The molecule has 1 aromatic heterocycles. The highest BCUT2D eigenvalue weighted by molar-refractivity contribution is 5.89. The van der Waals surface area contributed by atoms with Crippen LogP contribution in [0.2, 0.25) is 0 Å². The zero-order valence-corrected chi connectivity index (χ0v) is 13.4. The number of halogens is 1. The average Bonchev–Trinajstić information content (AvgIpc) is 2.59. The summed E-state index contributed by atoms with van der Waals surface area (Å²) < 4.78 is 15.3. The zero-order chi connectivity index (χ0) is 16.9. The van der Waals surface area contributed by atoms with Crippen LogP contribution in [0.3, 0.4) is 0 Å². The first-order valence-corrected chi connectivity index (χ1v) is 7.72. The first kappa shape index (κ1) is 15.9. The molecule has 0 unspecified atom stereocenters. The molecule has 2 aromatic carbocycles. The molecular weight excluding hydrogens is 303 g/mol. The van der Waals surface area contributed by atoms with Gasteiger partial charge in [0.2, 0.25) is 6.54 Å². The van der Waals surface area contributed by atoms with Crippen molar-refractivity contribution < 1.29 is 13.8 Å². The second-order valence-corrected chi connectivity index (χ2v) is 5.64. The Labute approximate surface area is 140 Å². The fraction of sp³-hybridized carbons (Fsp3) is 0.100. The van der Waals surface area contributed by atoms with Crippen LogP contribution in [-0.4, -0.2) is 5.91 Å². The van der Waals surface area contributed by atoms with E-state index < -0.39 is 0 Å². The quantitative estimate of drug-likeness (QED) is 0.730. The van der Waals surface area contributed by atoms with Gasteiger partial charge in [-0.1, -0.05) is 36.4 Å². The molecule has 0 aliphatic carbocycles. The summed E-state index contributed by atoms with van der Waals surface area (Å²) in [6, 6.07) is 18.5. The second-order valence-electron chi connectivity index (χ2n) is 5.64. The summed E-state index contributed by atoms with van der Waals surface area (Å²) in [5.74, 6) is -0.528. The number of hydrogen-bond donors (Lipinski definition) is 1. The molecule has 120 valence electrons. The molecule has 1 heterocycles. The lowest BCUT2D eigenvalue weighted by molar-refractivity contribution is -0.683. The Morgan fingerprint density at radius 2 is 1.79 bits per heavy atom. The number of amides is 1. The first-order chi connectivity index (χ1) is 11.6. The number of aromatic nitrogens is 1. The lowest BCUT2D eigenvalue weighted by atomic mass is 10.1. The number of carbonyl (C=O) groups excluding carboxylic acids is 1. The number of rotatable bonds is 4. The van der Waals surface area contributed by atoms with Gasteiger partial charge in [0.05, 0.1) is 0 Å². The zero-order valence-electron chi connectivity index (χ0n) is 13.4. The van der Waals surface area contributed by atoms with Crippen LogP contribution in [-0.2, 0) is 11.3 Å². The summed E-state index contributed by atoms with van der Waals surface area (Å²) in [6.07, 6.45) is 3.76. The van der Waals surface area contributed by atoms with Gasteiger partial charge in [-0.25, -0.2) is 4.39 Å². The third kappa shape index (κ3) is 3.84. The van der Waals surface area contributed by atoms with Gasteiger partial charge in [0.25, 0.3) is 5.91 Å². The highest BCUT2D eigenvalue weighted by atomic mass is 19.1. The smallest absolute Gasteiger partial charge is 0.290 e. The molecule has 24 heavy (non-hydrogen) atoms. The van der Waals surface area contributed by atoms with E-state index in [1.54, 1.807) is 19.1 Å². The van der Waals surface area contributed by atoms with Gasteiger partial charge in [0.1, 0.15) is 5.82 Å². The van der Waals surface area contributed by atoms with Crippen molar-refractivity contribution in [3.05, 3.63) is 84.4 Å². The van der Waals surface area contributed by atoms with Crippen LogP contribution in [0.5, 0.6) is 0 Å². The summed E-state index contributed by atoms with van der Waals surface area (Å²) in [6.45, 7) is 1.85. The predicted octanol–water partition coefficient (Wildman–Crippen LogP) is 3.73. The Bertz CT molecular complexity index is 863. The monoisotopic (exact) mass is 321 g/mol. The maximum atomic E-state index is 13.5. The topological polar surface area (TPSA) is 33.0 Å². The van der Waals surface area contributed by atoms with Crippen molar-refractivity contribution in [1.82, 2.24) is 0 Å².